The van der Waals surface area contributed by atoms with Crippen molar-refractivity contribution in [1.29, 1.82) is 0 Å². The first-order valence-corrected chi connectivity index (χ1v) is 6.51. The van der Waals surface area contributed by atoms with Gasteiger partial charge in [0.2, 0.25) is 0 Å². The predicted molar refractivity (Wildman–Crippen MR) is 77.8 cm³/mol. The third kappa shape index (κ3) is 3.14. The zero-order chi connectivity index (χ0) is 14.5. The molecule has 0 unspecified atom stereocenters. The lowest BCUT2D eigenvalue weighted by atomic mass is 10.2. The highest BCUT2D eigenvalue weighted by molar-refractivity contribution is 5.99. The molecule has 0 atom stereocenters. The van der Waals surface area contributed by atoms with Crippen LogP contribution in [0.5, 0.6) is 0 Å². The largest absolute Gasteiger partial charge is 0.387 e. The first-order chi connectivity index (χ1) is 9.61. The summed E-state index contributed by atoms with van der Waals surface area (Å²) >= 11 is 0. The standard InChI is InChI=1S/C14H19N5O/c1-10-8-13(15-2)12(9-17-10)14(20)16-6-4-11-5-7-18-19(11)3/h5,7-9H,4,6H2,1-3H3,(H,15,17)(H,16,20). The van der Waals surface area contributed by atoms with E-state index in [4.69, 9.17) is 0 Å². The second-order valence-corrected chi connectivity index (χ2v) is 4.57. The zero-order valence-corrected chi connectivity index (χ0v) is 12.0. The van der Waals surface area contributed by atoms with Crippen LogP contribution in [0.2, 0.25) is 0 Å². The number of pyridine rings is 1. The van der Waals surface area contributed by atoms with Gasteiger partial charge in [0.1, 0.15) is 0 Å². The molecule has 1 amide bonds. The van der Waals surface area contributed by atoms with Gasteiger partial charge in [0.15, 0.2) is 0 Å². The van der Waals surface area contributed by atoms with Crippen molar-refractivity contribution < 1.29 is 4.79 Å². The molecule has 0 spiro atoms. The van der Waals surface area contributed by atoms with Crippen molar-refractivity contribution in [1.82, 2.24) is 20.1 Å². The lowest BCUT2D eigenvalue weighted by molar-refractivity contribution is 0.0954. The normalized spacial score (nSPS) is 10.3. The Balaban J connectivity index is 1.97. The molecule has 0 saturated carbocycles. The van der Waals surface area contributed by atoms with Gasteiger partial charge in [-0.1, -0.05) is 0 Å². The molecule has 0 bridgehead atoms. The Labute approximate surface area is 118 Å². The molecule has 0 fully saturated rings. The molecular weight excluding hydrogens is 254 g/mol. The van der Waals surface area contributed by atoms with Crippen LogP contribution in [0.15, 0.2) is 24.5 Å². The number of nitrogens with one attached hydrogen (secondary N) is 2. The van der Waals surface area contributed by atoms with Gasteiger partial charge in [0.05, 0.1) is 11.3 Å². The molecule has 0 aliphatic heterocycles. The van der Waals surface area contributed by atoms with Crippen LogP contribution in [-0.4, -0.2) is 34.3 Å². The van der Waals surface area contributed by atoms with E-state index in [1.54, 1.807) is 24.1 Å². The summed E-state index contributed by atoms with van der Waals surface area (Å²) in [5, 5.41) is 10.0. The molecule has 20 heavy (non-hydrogen) atoms. The lowest BCUT2D eigenvalue weighted by Crippen LogP contribution is -2.27. The van der Waals surface area contributed by atoms with Crippen molar-refractivity contribution >= 4 is 11.6 Å². The maximum Gasteiger partial charge on any atom is 0.254 e. The molecule has 0 aliphatic carbocycles. The van der Waals surface area contributed by atoms with Crippen molar-refractivity contribution in [3.05, 3.63) is 41.5 Å². The van der Waals surface area contributed by atoms with Gasteiger partial charge in [-0.3, -0.25) is 14.5 Å². The molecule has 2 aromatic heterocycles. The average Bonchev–Trinajstić information content (AvgIpc) is 2.84. The third-order valence-electron chi connectivity index (χ3n) is 3.14. The minimum Gasteiger partial charge on any atom is -0.387 e. The maximum absolute atomic E-state index is 12.1. The molecule has 0 aromatic carbocycles. The van der Waals surface area contributed by atoms with Crippen molar-refractivity contribution in [3.8, 4) is 0 Å². The molecule has 6 heteroatoms. The number of hydrogen-bond acceptors (Lipinski definition) is 4. The summed E-state index contributed by atoms with van der Waals surface area (Å²) in [5.41, 5.74) is 3.31. The monoisotopic (exact) mass is 273 g/mol. The van der Waals surface area contributed by atoms with E-state index in [0.29, 0.717) is 12.1 Å². The Morgan fingerprint density at radius 2 is 2.25 bits per heavy atom. The summed E-state index contributed by atoms with van der Waals surface area (Å²) in [6.07, 6.45) is 4.09. The minimum absolute atomic E-state index is 0.121. The smallest absolute Gasteiger partial charge is 0.254 e. The molecular formula is C14H19N5O. The van der Waals surface area contributed by atoms with Gasteiger partial charge in [-0.05, 0) is 19.1 Å². The maximum atomic E-state index is 12.1. The van der Waals surface area contributed by atoms with E-state index < -0.39 is 0 Å². The summed E-state index contributed by atoms with van der Waals surface area (Å²) in [5.74, 6) is -0.121. The Bertz CT molecular complexity index is 605. The van der Waals surface area contributed by atoms with Gasteiger partial charge >= 0.3 is 0 Å². The molecule has 2 aromatic rings. The molecule has 0 saturated heterocycles. The minimum atomic E-state index is -0.121. The first kappa shape index (κ1) is 14.0. The van der Waals surface area contributed by atoms with E-state index in [1.807, 2.05) is 26.1 Å². The Kier molecular flexibility index (Phi) is 4.34. The van der Waals surface area contributed by atoms with Gasteiger partial charge in [-0.2, -0.15) is 5.10 Å². The number of anilines is 1. The van der Waals surface area contributed by atoms with Crippen molar-refractivity contribution in [2.75, 3.05) is 18.9 Å². The summed E-state index contributed by atoms with van der Waals surface area (Å²) < 4.78 is 1.80. The van der Waals surface area contributed by atoms with Gasteiger partial charge in [0.25, 0.3) is 5.91 Å². The highest BCUT2D eigenvalue weighted by atomic mass is 16.1. The van der Waals surface area contributed by atoms with E-state index in [0.717, 1.165) is 23.5 Å². The van der Waals surface area contributed by atoms with Crippen molar-refractivity contribution in [2.45, 2.75) is 13.3 Å². The van der Waals surface area contributed by atoms with Crippen LogP contribution in [0.4, 0.5) is 5.69 Å². The van der Waals surface area contributed by atoms with Crippen LogP contribution < -0.4 is 10.6 Å². The summed E-state index contributed by atoms with van der Waals surface area (Å²) in [7, 11) is 3.68. The summed E-state index contributed by atoms with van der Waals surface area (Å²) in [6.45, 7) is 2.46. The molecule has 0 aliphatic rings. The van der Waals surface area contributed by atoms with Gasteiger partial charge in [0, 0.05) is 50.8 Å². The summed E-state index contributed by atoms with van der Waals surface area (Å²) in [4.78, 5) is 16.3. The van der Waals surface area contributed by atoms with E-state index >= 15 is 0 Å². The van der Waals surface area contributed by atoms with Crippen LogP contribution in [0.25, 0.3) is 0 Å². The van der Waals surface area contributed by atoms with E-state index in [-0.39, 0.29) is 5.91 Å². The Morgan fingerprint density at radius 1 is 1.45 bits per heavy atom. The number of aryl methyl sites for hydroxylation is 2. The number of carbonyl (C=O) groups is 1. The number of aromatic nitrogens is 3. The highest BCUT2D eigenvalue weighted by Crippen LogP contribution is 2.14. The lowest BCUT2D eigenvalue weighted by Gasteiger charge is -2.10. The van der Waals surface area contributed by atoms with Crippen LogP contribution in [0.1, 0.15) is 21.7 Å². The number of rotatable bonds is 5. The topological polar surface area (TPSA) is 71.8 Å². The van der Waals surface area contributed by atoms with Crippen LogP contribution >= 0.6 is 0 Å². The van der Waals surface area contributed by atoms with Crippen molar-refractivity contribution in [3.63, 3.8) is 0 Å². The Morgan fingerprint density at radius 3 is 2.90 bits per heavy atom. The van der Waals surface area contributed by atoms with Crippen molar-refractivity contribution in [2.24, 2.45) is 7.05 Å². The first-order valence-electron chi connectivity index (χ1n) is 6.51. The van der Waals surface area contributed by atoms with Gasteiger partial charge in [-0.25, -0.2) is 0 Å². The second kappa shape index (κ2) is 6.18. The quantitative estimate of drug-likeness (QED) is 0.857. The highest BCUT2D eigenvalue weighted by Gasteiger charge is 2.11. The fourth-order valence-electron chi connectivity index (χ4n) is 1.99. The molecule has 6 nitrogen and oxygen atoms in total. The predicted octanol–water partition coefficient (Wildman–Crippen LogP) is 1.14. The second-order valence-electron chi connectivity index (χ2n) is 4.57. The number of carbonyl (C=O) groups excluding carboxylic acids is 1. The SMILES string of the molecule is CNc1cc(C)ncc1C(=O)NCCc1ccnn1C. The number of nitrogens with zero attached hydrogens (tertiary/aromatic N) is 3. The molecule has 2 rings (SSSR count). The third-order valence-corrected chi connectivity index (χ3v) is 3.14. The molecule has 106 valence electrons. The van der Waals surface area contributed by atoms with E-state index in [9.17, 15) is 4.79 Å². The van der Waals surface area contributed by atoms with E-state index in [2.05, 4.69) is 20.7 Å². The summed E-state index contributed by atoms with van der Waals surface area (Å²) in [6, 6.07) is 3.80. The number of hydrogen-bond donors (Lipinski definition) is 2. The van der Waals surface area contributed by atoms with Crippen LogP contribution in [0.3, 0.4) is 0 Å². The van der Waals surface area contributed by atoms with Crippen LogP contribution in [-0.2, 0) is 13.5 Å². The van der Waals surface area contributed by atoms with Gasteiger partial charge < -0.3 is 10.6 Å². The molecule has 2 heterocycles. The molecule has 2 N–H and O–H groups in total. The van der Waals surface area contributed by atoms with Gasteiger partial charge in [-0.15, -0.1) is 0 Å². The number of amides is 1. The average molecular weight is 273 g/mol. The van der Waals surface area contributed by atoms with E-state index in [1.165, 1.54) is 0 Å². The molecule has 0 radical (unpaired) electrons. The fourth-order valence-corrected chi connectivity index (χ4v) is 1.99. The zero-order valence-electron chi connectivity index (χ0n) is 12.0. The fraction of sp³-hybridized carbons (Fsp3) is 0.357. The van der Waals surface area contributed by atoms with Crippen LogP contribution in [0, 0.1) is 6.92 Å². The Hall–Kier alpha value is -2.37.